The number of aromatic hydroxyl groups is 1. The standard InChI is InChI=1S/C42H46N4O11S/c1-19-11-23-12-25-26(15-43)46-27-16-54-41(50)42(24-14-28(51-4)29(53-10-6-9-47)13-22(24)7-8-44-42)17-58-40(34(46)33(45-25)30(23)35(49)36(19)52-5)32-31(27)39-38(55-18-56-39)20(2)37(32)57-21(3)48/h11,13-14,25-27,33-34,40,44-45,47,49H,6-10,12,16-18H2,1-5H3/t25-,26-,27-,33+,34+,40+,42+/m0/s1. The van der Waals surface area contributed by atoms with Crippen molar-refractivity contribution in [3.8, 4) is 46.3 Å². The van der Waals surface area contributed by atoms with E-state index in [1.807, 2.05) is 32.0 Å². The minimum Gasteiger partial charge on any atom is -0.504 e. The molecule has 4 N–H and O–H groups in total. The molecular formula is C42H46N4O11S. The number of aryl methyl sites for hydroxylation is 1. The van der Waals surface area contributed by atoms with E-state index in [-0.39, 0.29) is 37.6 Å². The Morgan fingerprint density at radius 1 is 1.07 bits per heavy atom. The van der Waals surface area contributed by atoms with Gasteiger partial charge in [0.1, 0.15) is 18.4 Å². The van der Waals surface area contributed by atoms with E-state index in [2.05, 4.69) is 21.6 Å². The summed E-state index contributed by atoms with van der Waals surface area (Å²) in [5, 5.41) is 39.2. The number of aliphatic hydroxyl groups excluding tert-OH is 1. The molecule has 7 aliphatic rings. The lowest BCUT2D eigenvalue weighted by atomic mass is 9.72. The molecule has 0 aliphatic carbocycles. The van der Waals surface area contributed by atoms with Crippen molar-refractivity contribution >= 4 is 23.7 Å². The highest BCUT2D eigenvalue weighted by Gasteiger charge is 2.60. The first-order chi connectivity index (χ1) is 28.1. The number of carbonyl (C=O) groups excluding carboxylic acids is 2. The zero-order valence-electron chi connectivity index (χ0n) is 32.9. The number of carbonyl (C=O) groups is 2. The molecule has 7 aliphatic heterocycles. The smallest absolute Gasteiger partial charge is 0.331 e. The van der Waals surface area contributed by atoms with Crippen molar-refractivity contribution in [1.82, 2.24) is 15.5 Å². The molecule has 2 fully saturated rings. The third-order valence-corrected chi connectivity index (χ3v) is 13.9. The van der Waals surface area contributed by atoms with Gasteiger partial charge < -0.3 is 48.7 Å². The lowest BCUT2D eigenvalue weighted by Gasteiger charge is -2.59. The molecule has 306 valence electrons. The van der Waals surface area contributed by atoms with Gasteiger partial charge in [-0.1, -0.05) is 6.07 Å². The van der Waals surface area contributed by atoms with Gasteiger partial charge in [-0.15, -0.1) is 11.8 Å². The predicted octanol–water partition coefficient (Wildman–Crippen LogP) is 3.70. The predicted molar refractivity (Wildman–Crippen MR) is 209 cm³/mol. The summed E-state index contributed by atoms with van der Waals surface area (Å²) in [6.45, 7) is 5.57. The quantitative estimate of drug-likeness (QED) is 0.153. The second-order valence-electron chi connectivity index (χ2n) is 15.6. The zero-order chi connectivity index (χ0) is 40.6. The fourth-order valence-corrected chi connectivity index (χ4v) is 11.8. The van der Waals surface area contributed by atoms with E-state index in [4.69, 9.17) is 33.2 Å². The molecule has 1 spiro atoms. The fraction of sp³-hybridized carbons (Fsp3) is 0.500. The largest absolute Gasteiger partial charge is 0.504 e. The molecular weight excluding hydrogens is 769 g/mol. The molecule has 0 aromatic heterocycles. The van der Waals surface area contributed by atoms with Crippen LogP contribution in [-0.4, -0.2) is 98.3 Å². The topological polar surface area (TPSA) is 190 Å². The molecule has 3 aromatic rings. The minimum absolute atomic E-state index is 0.0156. The molecule has 58 heavy (non-hydrogen) atoms. The SMILES string of the molecule is COc1cc2c(cc1OCCCO)CCN[C@]21CS[C@@H]2c3c(OC(C)=O)c(C)c4c(c3[C@H](COC1=O)N1[C@@H]2[C@@H]2N[C@@H](Cc3cc(C)c(OC)c(O)c32)[C@@H]1C#N)OCO4. The number of phenols is 1. The van der Waals surface area contributed by atoms with Crippen LogP contribution in [-0.2, 0) is 32.7 Å². The van der Waals surface area contributed by atoms with Gasteiger partial charge in [0.15, 0.2) is 40.0 Å². The summed E-state index contributed by atoms with van der Waals surface area (Å²) < 4.78 is 42.4. The number of nitrogens with zero attached hydrogens (tertiary/aromatic N) is 2. The van der Waals surface area contributed by atoms with Crippen LogP contribution in [0, 0.1) is 25.2 Å². The number of fused-ring (bicyclic) bond motifs is 9. The average Bonchev–Trinajstić information content (AvgIpc) is 3.70. The van der Waals surface area contributed by atoms with Gasteiger partial charge >= 0.3 is 11.9 Å². The highest BCUT2D eigenvalue weighted by Crippen LogP contribution is 2.63. The Morgan fingerprint density at radius 3 is 2.62 bits per heavy atom. The van der Waals surface area contributed by atoms with Gasteiger partial charge in [0.2, 0.25) is 6.79 Å². The fourth-order valence-electron chi connectivity index (χ4n) is 10.1. The first kappa shape index (κ1) is 38.6. The Kier molecular flexibility index (Phi) is 9.79. The van der Waals surface area contributed by atoms with E-state index < -0.39 is 46.9 Å². The highest BCUT2D eigenvalue weighted by atomic mass is 32.2. The number of nitrogens with one attached hydrogen (secondary N) is 2. The van der Waals surface area contributed by atoms with Gasteiger partial charge in [-0.05, 0) is 61.1 Å². The van der Waals surface area contributed by atoms with Crippen molar-refractivity contribution in [3.05, 3.63) is 62.7 Å². The van der Waals surface area contributed by atoms with Crippen LogP contribution in [0.5, 0.6) is 40.2 Å². The first-order valence-corrected chi connectivity index (χ1v) is 20.6. The summed E-state index contributed by atoms with van der Waals surface area (Å²) in [4.78, 5) is 30.0. The van der Waals surface area contributed by atoms with Crippen LogP contribution in [0.2, 0.25) is 0 Å². The number of methoxy groups -OCH3 is 2. The molecule has 2 saturated heterocycles. The number of benzene rings is 3. The molecule has 3 aromatic carbocycles. The number of hydrogen-bond donors (Lipinski definition) is 4. The van der Waals surface area contributed by atoms with Crippen LogP contribution in [0.3, 0.4) is 0 Å². The van der Waals surface area contributed by atoms with Crippen molar-refractivity contribution < 1.29 is 53.0 Å². The van der Waals surface area contributed by atoms with E-state index in [1.165, 1.54) is 25.8 Å². The number of aliphatic hydroxyl groups is 1. The third kappa shape index (κ3) is 5.69. The van der Waals surface area contributed by atoms with Crippen molar-refractivity contribution in [2.75, 3.05) is 53.1 Å². The van der Waals surface area contributed by atoms with E-state index in [0.29, 0.717) is 94.7 Å². The Hall–Kier alpha value is -4.92. The van der Waals surface area contributed by atoms with E-state index in [9.17, 15) is 25.1 Å². The van der Waals surface area contributed by atoms with Crippen LogP contribution in [0.4, 0.5) is 0 Å². The molecule has 16 heteroatoms. The lowest BCUT2D eigenvalue weighted by molar-refractivity contribution is -0.155. The average molecular weight is 815 g/mol. The molecule has 0 radical (unpaired) electrons. The summed E-state index contributed by atoms with van der Waals surface area (Å²) >= 11 is 1.48. The van der Waals surface area contributed by atoms with Crippen LogP contribution < -0.4 is 39.1 Å². The van der Waals surface area contributed by atoms with Gasteiger partial charge in [-0.2, -0.15) is 5.26 Å². The number of rotatable bonds is 7. The second kappa shape index (κ2) is 14.7. The maximum atomic E-state index is 14.9. The van der Waals surface area contributed by atoms with Crippen LogP contribution >= 0.6 is 11.8 Å². The summed E-state index contributed by atoms with van der Waals surface area (Å²) in [7, 11) is 3.07. The zero-order valence-corrected chi connectivity index (χ0v) is 33.7. The number of piperazine rings is 1. The Bertz CT molecular complexity index is 2260. The van der Waals surface area contributed by atoms with Crippen molar-refractivity contribution in [1.29, 1.82) is 5.26 Å². The molecule has 7 heterocycles. The Labute approximate surface area is 339 Å². The van der Waals surface area contributed by atoms with Gasteiger partial charge in [-0.3, -0.25) is 15.0 Å². The third-order valence-electron chi connectivity index (χ3n) is 12.5. The normalized spacial score (nSPS) is 27.6. The number of phenolic OH excluding ortho intramolecular Hbond substituents is 1. The van der Waals surface area contributed by atoms with Crippen LogP contribution in [0.25, 0.3) is 0 Å². The first-order valence-electron chi connectivity index (χ1n) is 19.5. The van der Waals surface area contributed by atoms with Crippen molar-refractivity contribution in [2.45, 2.75) is 81.0 Å². The minimum atomic E-state index is -1.35. The number of thioether (sulfide) groups is 1. The molecule has 7 atom stereocenters. The van der Waals surface area contributed by atoms with E-state index in [1.54, 1.807) is 7.11 Å². The Balaban J connectivity index is 1.28. The maximum Gasteiger partial charge on any atom is 0.331 e. The highest BCUT2D eigenvalue weighted by molar-refractivity contribution is 7.99. The molecule has 15 nitrogen and oxygen atoms in total. The van der Waals surface area contributed by atoms with E-state index in [0.717, 1.165) is 16.7 Å². The summed E-state index contributed by atoms with van der Waals surface area (Å²) in [5.41, 5.74) is 4.52. The van der Waals surface area contributed by atoms with Crippen molar-refractivity contribution in [3.63, 3.8) is 0 Å². The van der Waals surface area contributed by atoms with Crippen LogP contribution in [0.15, 0.2) is 18.2 Å². The maximum absolute atomic E-state index is 14.9. The number of ether oxygens (including phenoxy) is 7. The summed E-state index contributed by atoms with van der Waals surface area (Å²) in [5.74, 6) is 1.71. The van der Waals surface area contributed by atoms with Gasteiger partial charge in [0.25, 0.3) is 0 Å². The second-order valence-corrected chi connectivity index (χ2v) is 16.7. The van der Waals surface area contributed by atoms with E-state index >= 15 is 0 Å². The molecule has 0 unspecified atom stereocenters. The van der Waals surface area contributed by atoms with Crippen LogP contribution in [0.1, 0.15) is 75.2 Å². The molecule has 10 rings (SSSR count). The van der Waals surface area contributed by atoms with Gasteiger partial charge in [0, 0.05) is 66.6 Å². The molecule has 0 saturated carbocycles. The van der Waals surface area contributed by atoms with Gasteiger partial charge in [-0.25, -0.2) is 4.79 Å². The monoisotopic (exact) mass is 814 g/mol. The number of hydrogen-bond acceptors (Lipinski definition) is 16. The Morgan fingerprint density at radius 2 is 1.88 bits per heavy atom. The lowest BCUT2D eigenvalue weighted by Crippen LogP contribution is -2.69. The van der Waals surface area contributed by atoms with Crippen molar-refractivity contribution in [2.24, 2.45) is 0 Å². The molecule has 0 amide bonds. The van der Waals surface area contributed by atoms with Gasteiger partial charge in [0.05, 0.1) is 44.2 Å². The summed E-state index contributed by atoms with van der Waals surface area (Å²) in [6.07, 6.45) is 1.52. The molecule has 4 bridgehead atoms. The summed E-state index contributed by atoms with van der Waals surface area (Å²) in [6, 6.07) is 5.47. The number of esters is 2. The number of nitriles is 1.